The summed E-state index contributed by atoms with van der Waals surface area (Å²) in [5, 5.41) is 0.579. The topological polar surface area (TPSA) is 43.9 Å². The molecule has 2 aliphatic rings. The van der Waals surface area contributed by atoms with Gasteiger partial charge >= 0.3 is 0 Å². The van der Waals surface area contributed by atoms with Gasteiger partial charge in [-0.2, -0.15) is 0 Å². The Balaban J connectivity index is 1.53. The third-order valence-corrected chi connectivity index (χ3v) is 5.50. The smallest absolute Gasteiger partial charge is 0.253 e. The molecule has 6 heteroatoms. The van der Waals surface area contributed by atoms with E-state index in [0.717, 1.165) is 52.0 Å². The molecule has 142 valence electrons. The molecule has 0 N–H and O–H groups in total. The van der Waals surface area contributed by atoms with Gasteiger partial charge in [0.2, 0.25) is 5.91 Å². The van der Waals surface area contributed by atoms with Crippen LogP contribution in [0.25, 0.3) is 0 Å². The molecule has 0 saturated carbocycles. The fraction of sp³-hybridized carbons (Fsp3) is 0.600. The molecule has 2 amide bonds. The van der Waals surface area contributed by atoms with E-state index < -0.39 is 0 Å². The van der Waals surface area contributed by atoms with Gasteiger partial charge in [-0.15, -0.1) is 0 Å². The number of halogens is 1. The van der Waals surface area contributed by atoms with Gasteiger partial charge in [0, 0.05) is 49.9 Å². The SMILES string of the molecule is O=C(CN1CCCN(C(=O)c2cccc(Cl)c2)CC1)N1CCCCCC1. The number of likely N-dealkylation sites (tertiary alicyclic amines) is 1. The first-order chi connectivity index (χ1) is 12.6. The quantitative estimate of drug-likeness (QED) is 0.813. The highest BCUT2D eigenvalue weighted by Gasteiger charge is 2.23. The van der Waals surface area contributed by atoms with E-state index in [2.05, 4.69) is 4.90 Å². The summed E-state index contributed by atoms with van der Waals surface area (Å²) in [5.41, 5.74) is 0.631. The number of hydrogen-bond donors (Lipinski definition) is 0. The van der Waals surface area contributed by atoms with E-state index in [1.165, 1.54) is 12.8 Å². The van der Waals surface area contributed by atoms with Crippen molar-refractivity contribution in [2.45, 2.75) is 32.1 Å². The molecule has 1 aromatic rings. The normalized spacial score (nSPS) is 19.7. The molecule has 2 heterocycles. The molecule has 2 aliphatic heterocycles. The predicted molar refractivity (Wildman–Crippen MR) is 103 cm³/mol. The van der Waals surface area contributed by atoms with E-state index in [0.29, 0.717) is 23.7 Å². The molecule has 5 nitrogen and oxygen atoms in total. The van der Waals surface area contributed by atoms with E-state index in [9.17, 15) is 9.59 Å². The van der Waals surface area contributed by atoms with Gasteiger partial charge < -0.3 is 9.80 Å². The number of carbonyl (C=O) groups is 2. The summed E-state index contributed by atoms with van der Waals surface area (Å²) in [5.74, 6) is 0.259. The van der Waals surface area contributed by atoms with E-state index in [4.69, 9.17) is 11.6 Å². The summed E-state index contributed by atoms with van der Waals surface area (Å²) in [4.78, 5) is 31.4. The minimum absolute atomic E-state index is 0.0215. The van der Waals surface area contributed by atoms with Crippen molar-refractivity contribution in [1.82, 2.24) is 14.7 Å². The Morgan fingerprint density at radius 1 is 0.846 bits per heavy atom. The van der Waals surface area contributed by atoms with Crippen molar-refractivity contribution in [2.24, 2.45) is 0 Å². The molecule has 3 rings (SSSR count). The van der Waals surface area contributed by atoms with Crippen molar-refractivity contribution in [1.29, 1.82) is 0 Å². The number of nitrogens with zero attached hydrogens (tertiary/aromatic N) is 3. The van der Waals surface area contributed by atoms with Crippen molar-refractivity contribution in [3.8, 4) is 0 Å². The lowest BCUT2D eigenvalue weighted by Gasteiger charge is -2.26. The first-order valence-electron chi connectivity index (χ1n) is 9.68. The van der Waals surface area contributed by atoms with Crippen molar-refractivity contribution < 1.29 is 9.59 Å². The van der Waals surface area contributed by atoms with Crippen LogP contribution in [0.15, 0.2) is 24.3 Å². The largest absolute Gasteiger partial charge is 0.342 e. The van der Waals surface area contributed by atoms with Crippen LogP contribution in [0.3, 0.4) is 0 Å². The molecule has 26 heavy (non-hydrogen) atoms. The van der Waals surface area contributed by atoms with Crippen molar-refractivity contribution in [3.05, 3.63) is 34.9 Å². The number of rotatable bonds is 3. The first-order valence-corrected chi connectivity index (χ1v) is 10.1. The molecule has 0 spiro atoms. The molecular weight excluding hydrogens is 350 g/mol. The average molecular weight is 378 g/mol. The van der Waals surface area contributed by atoms with Gasteiger partial charge in [-0.1, -0.05) is 30.5 Å². The van der Waals surface area contributed by atoms with Crippen LogP contribution in [0.4, 0.5) is 0 Å². The van der Waals surface area contributed by atoms with Gasteiger partial charge in [0.1, 0.15) is 0 Å². The molecule has 2 saturated heterocycles. The van der Waals surface area contributed by atoms with Crippen LogP contribution >= 0.6 is 11.6 Å². The number of amides is 2. The molecule has 2 fully saturated rings. The second-order valence-electron chi connectivity index (χ2n) is 7.23. The zero-order valence-electron chi connectivity index (χ0n) is 15.3. The molecular formula is C20H28ClN3O2. The monoisotopic (exact) mass is 377 g/mol. The van der Waals surface area contributed by atoms with Crippen LogP contribution in [0, 0.1) is 0 Å². The highest BCUT2D eigenvalue weighted by atomic mass is 35.5. The van der Waals surface area contributed by atoms with Crippen LogP contribution in [-0.4, -0.2) is 72.3 Å². The lowest BCUT2D eigenvalue weighted by Crippen LogP contribution is -2.42. The minimum Gasteiger partial charge on any atom is -0.342 e. The maximum atomic E-state index is 12.7. The zero-order chi connectivity index (χ0) is 18.4. The van der Waals surface area contributed by atoms with Gasteiger partial charge in [-0.3, -0.25) is 14.5 Å². The standard InChI is InChI=1S/C20H28ClN3O2/c21-18-8-5-7-17(15-18)20(26)24-12-6-9-22(13-14-24)16-19(25)23-10-3-1-2-4-11-23/h5,7-8,15H,1-4,6,9-14,16H2. The second-order valence-corrected chi connectivity index (χ2v) is 7.66. The van der Waals surface area contributed by atoms with Gasteiger partial charge in [-0.25, -0.2) is 0 Å². The summed E-state index contributed by atoms with van der Waals surface area (Å²) in [7, 11) is 0. The summed E-state index contributed by atoms with van der Waals surface area (Å²) in [6, 6.07) is 7.10. The average Bonchev–Trinajstić information content (AvgIpc) is 3.04. The van der Waals surface area contributed by atoms with Gasteiger partial charge in [0.15, 0.2) is 0 Å². The lowest BCUT2D eigenvalue weighted by molar-refractivity contribution is -0.132. The van der Waals surface area contributed by atoms with Crippen molar-refractivity contribution in [2.75, 3.05) is 45.8 Å². The third-order valence-electron chi connectivity index (χ3n) is 5.26. The van der Waals surface area contributed by atoms with Gasteiger partial charge in [-0.05, 0) is 37.5 Å². The first kappa shape index (κ1) is 19.2. The Labute approximate surface area is 160 Å². The summed E-state index contributed by atoms with van der Waals surface area (Å²) >= 11 is 6.00. The molecule has 0 aliphatic carbocycles. The van der Waals surface area contributed by atoms with Crippen LogP contribution < -0.4 is 0 Å². The maximum absolute atomic E-state index is 12.7. The van der Waals surface area contributed by atoms with E-state index in [1.54, 1.807) is 24.3 Å². The van der Waals surface area contributed by atoms with Crippen LogP contribution in [0.5, 0.6) is 0 Å². The van der Waals surface area contributed by atoms with Crippen molar-refractivity contribution >= 4 is 23.4 Å². The summed E-state index contributed by atoms with van der Waals surface area (Å²) in [6.07, 6.45) is 5.59. The summed E-state index contributed by atoms with van der Waals surface area (Å²) < 4.78 is 0. The van der Waals surface area contributed by atoms with Crippen molar-refractivity contribution in [3.63, 3.8) is 0 Å². The molecule has 0 radical (unpaired) electrons. The van der Waals surface area contributed by atoms with E-state index in [-0.39, 0.29) is 11.8 Å². The Morgan fingerprint density at radius 3 is 2.31 bits per heavy atom. The van der Waals surface area contributed by atoms with Crippen LogP contribution in [0.2, 0.25) is 5.02 Å². The number of hydrogen-bond acceptors (Lipinski definition) is 3. The molecule has 0 bridgehead atoms. The Kier molecular flexibility index (Phi) is 6.92. The number of benzene rings is 1. The van der Waals surface area contributed by atoms with Crippen LogP contribution in [-0.2, 0) is 4.79 Å². The highest BCUT2D eigenvalue weighted by Crippen LogP contribution is 2.15. The Hall–Kier alpha value is -1.59. The highest BCUT2D eigenvalue weighted by molar-refractivity contribution is 6.30. The molecule has 1 aromatic carbocycles. The van der Waals surface area contributed by atoms with Crippen LogP contribution in [0.1, 0.15) is 42.5 Å². The molecule has 0 unspecified atom stereocenters. The second kappa shape index (κ2) is 9.38. The lowest BCUT2D eigenvalue weighted by atomic mass is 10.2. The number of carbonyl (C=O) groups excluding carboxylic acids is 2. The molecule has 0 atom stereocenters. The van der Waals surface area contributed by atoms with E-state index in [1.807, 2.05) is 9.80 Å². The minimum atomic E-state index is 0.0215. The maximum Gasteiger partial charge on any atom is 0.253 e. The predicted octanol–water partition coefficient (Wildman–Crippen LogP) is 2.89. The fourth-order valence-electron chi connectivity index (χ4n) is 3.75. The third kappa shape index (κ3) is 5.21. The fourth-order valence-corrected chi connectivity index (χ4v) is 3.94. The van der Waals surface area contributed by atoms with Gasteiger partial charge in [0.05, 0.1) is 6.54 Å². The van der Waals surface area contributed by atoms with E-state index >= 15 is 0 Å². The zero-order valence-corrected chi connectivity index (χ0v) is 16.1. The Morgan fingerprint density at radius 2 is 1.58 bits per heavy atom. The summed E-state index contributed by atoms with van der Waals surface area (Å²) in [6.45, 7) is 5.24. The van der Waals surface area contributed by atoms with Gasteiger partial charge in [0.25, 0.3) is 5.91 Å². The molecule has 0 aromatic heterocycles. The Bertz CT molecular complexity index is 629.